The number of H-pyrrole nitrogens is 1. The molecule has 0 atom stereocenters. The Bertz CT molecular complexity index is 1140. The maximum Gasteiger partial charge on any atom is 0.259 e. The minimum absolute atomic E-state index is 0.231. The minimum Gasteiger partial charge on any atom is -0.383 e. The predicted octanol–water partition coefficient (Wildman–Crippen LogP) is 3.91. The molecular formula is C25H34BrFN6O. The van der Waals surface area contributed by atoms with Crippen LogP contribution in [-0.2, 0) is 0 Å². The molecule has 0 radical (unpaired) electrons. The van der Waals surface area contributed by atoms with Crippen molar-refractivity contribution in [3.63, 3.8) is 0 Å². The molecule has 0 bridgehead atoms. The SMILES string of the molecule is Cc1ccc(-c2nc3cc(NCCCNCCCCNCCCN)c(F)cc3c(=O)[nH]2)c(Br)c1. The topological polar surface area (TPSA) is 108 Å². The van der Waals surface area contributed by atoms with Crippen molar-refractivity contribution in [3.8, 4) is 11.4 Å². The Labute approximate surface area is 208 Å². The molecule has 0 spiro atoms. The number of nitrogens with one attached hydrogen (secondary N) is 4. The fraction of sp³-hybridized carbons (Fsp3) is 0.440. The van der Waals surface area contributed by atoms with E-state index in [1.165, 1.54) is 6.07 Å². The molecule has 0 aliphatic rings. The van der Waals surface area contributed by atoms with Gasteiger partial charge in [-0.25, -0.2) is 9.37 Å². The number of rotatable bonds is 14. The summed E-state index contributed by atoms with van der Waals surface area (Å²) in [6, 6.07) is 8.67. The second-order valence-electron chi connectivity index (χ2n) is 8.38. The molecule has 0 aliphatic carbocycles. The van der Waals surface area contributed by atoms with Crippen LogP contribution in [-0.4, -0.2) is 49.2 Å². The monoisotopic (exact) mass is 532 g/mol. The number of halogens is 2. The van der Waals surface area contributed by atoms with Crippen molar-refractivity contribution in [1.29, 1.82) is 0 Å². The zero-order chi connectivity index (χ0) is 24.3. The molecule has 3 rings (SSSR count). The lowest BCUT2D eigenvalue weighted by molar-refractivity contribution is 0.571. The first-order chi connectivity index (χ1) is 16.5. The molecule has 1 aromatic heterocycles. The van der Waals surface area contributed by atoms with Crippen LogP contribution in [0.5, 0.6) is 0 Å². The molecule has 0 fully saturated rings. The number of unbranched alkanes of at least 4 members (excludes halogenated alkanes) is 1. The highest BCUT2D eigenvalue weighted by Gasteiger charge is 2.12. The average Bonchev–Trinajstić information content (AvgIpc) is 2.80. The third kappa shape index (κ3) is 7.59. The van der Waals surface area contributed by atoms with Crippen LogP contribution in [0.1, 0.15) is 31.2 Å². The molecule has 184 valence electrons. The predicted molar refractivity (Wildman–Crippen MR) is 142 cm³/mol. The molecule has 7 nitrogen and oxygen atoms in total. The summed E-state index contributed by atoms with van der Waals surface area (Å²) in [5, 5.41) is 10.2. The Morgan fingerprint density at radius 1 is 1.00 bits per heavy atom. The number of fused-ring (bicyclic) bond motifs is 1. The molecule has 3 aromatic rings. The number of benzene rings is 2. The minimum atomic E-state index is -0.459. The molecule has 6 N–H and O–H groups in total. The average molecular weight is 533 g/mol. The fourth-order valence-electron chi connectivity index (χ4n) is 3.65. The number of nitrogens with two attached hydrogens (primary N) is 1. The van der Waals surface area contributed by atoms with E-state index in [0.717, 1.165) is 74.0 Å². The first-order valence-electron chi connectivity index (χ1n) is 11.8. The highest BCUT2D eigenvalue weighted by molar-refractivity contribution is 9.10. The van der Waals surface area contributed by atoms with Crippen molar-refractivity contribution in [1.82, 2.24) is 20.6 Å². The zero-order valence-corrected chi connectivity index (χ0v) is 21.2. The number of hydrogen-bond acceptors (Lipinski definition) is 6. The smallest absolute Gasteiger partial charge is 0.259 e. The number of aromatic nitrogens is 2. The van der Waals surface area contributed by atoms with Crippen molar-refractivity contribution in [2.45, 2.75) is 32.6 Å². The van der Waals surface area contributed by atoms with Crippen molar-refractivity contribution in [3.05, 3.63) is 56.5 Å². The Hall–Kier alpha value is -2.33. The van der Waals surface area contributed by atoms with Gasteiger partial charge in [0.1, 0.15) is 11.6 Å². The summed E-state index contributed by atoms with van der Waals surface area (Å²) in [5.41, 5.74) is 7.78. The number of aryl methyl sites for hydroxylation is 1. The Kier molecular flexibility index (Phi) is 10.5. The lowest BCUT2D eigenvalue weighted by Crippen LogP contribution is -2.22. The van der Waals surface area contributed by atoms with Gasteiger partial charge < -0.3 is 26.7 Å². The number of anilines is 1. The molecule has 0 saturated carbocycles. The van der Waals surface area contributed by atoms with E-state index in [1.54, 1.807) is 6.07 Å². The van der Waals surface area contributed by atoms with Crippen LogP contribution in [0, 0.1) is 12.7 Å². The zero-order valence-electron chi connectivity index (χ0n) is 19.6. The third-order valence-electron chi connectivity index (χ3n) is 5.53. The second-order valence-corrected chi connectivity index (χ2v) is 9.23. The van der Waals surface area contributed by atoms with Gasteiger partial charge in [0, 0.05) is 16.6 Å². The highest BCUT2D eigenvalue weighted by atomic mass is 79.9. The van der Waals surface area contributed by atoms with Crippen molar-refractivity contribution in [2.75, 3.05) is 44.6 Å². The maximum atomic E-state index is 14.6. The number of aromatic amines is 1. The lowest BCUT2D eigenvalue weighted by Gasteiger charge is -2.11. The largest absolute Gasteiger partial charge is 0.383 e. The molecular weight excluding hydrogens is 499 g/mol. The molecule has 9 heteroatoms. The molecule has 0 aliphatic heterocycles. The van der Waals surface area contributed by atoms with E-state index < -0.39 is 5.82 Å². The van der Waals surface area contributed by atoms with Crippen molar-refractivity contribution in [2.24, 2.45) is 5.73 Å². The molecule has 1 heterocycles. The van der Waals surface area contributed by atoms with Gasteiger partial charge >= 0.3 is 0 Å². The quantitative estimate of drug-likeness (QED) is 0.201. The summed E-state index contributed by atoms with van der Waals surface area (Å²) < 4.78 is 15.4. The van der Waals surface area contributed by atoms with Gasteiger partial charge in [-0.05, 0) is 95.2 Å². The van der Waals surface area contributed by atoms with Crippen LogP contribution in [0.25, 0.3) is 22.3 Å². The number of nitrogens with zero attached hydrogens (tertiary/aromatic N) is 1. The van der Waals surface area contributed by atoms with Gasteiger partial charge in [-0.2, -0.15) is 0 Å². The van der Waals surface area contributed by atoms with Crippen LogP contribution in [0.2, 0.25) is 0 Å². The van der Waals surface area contributed by atoms with E-state index in [9.17, 15) is 9.18 Å². The van der Waals surface area contributed by atoms with Crippen LogP contribution in [0.3, 0.4) is 0 Å². The maximum absolute atomic E-state index is 14.6. The summed E-state index contributed by atoms with van der Waals surface area (Å²) in [7, 11) is 0. The van der Waals surface area contributed by atoms with Crippen molar-refractivity contribution < 1.29 is 4.39 Å². The van der Waals surface area contributed by atoms with Crippen molar-refractivity contribution >= 4 is 32.5 Å². The Balaban J connectivity index is 1.52. The normalized spacial score (nSPS) is 11.3. The molecule has 0 saturated heterocycles. The van der Waals surface area contributed by atoms with Gasteiger partial charge in [-0.1, -0.05) is 22.0 Å². The molecule has 0 amide bonds. The van der Waals surface area contributed by atoms with Crippen LogP contribution in [0.4, 0.5) is 10.1 Å². The van der Waals surface area contributed by atoms with Gasteiger partial charge in [-0.3, -0.25) is 4.79 Å². The van der Waals surface area contributed by atoms with E-state index in [-0.39, 0.29) is 10.9 Å². The van der Waals surface area contributed by atoms with Gasteiger partial charge in [-0.15, -0.1) is 0 Å². The third-order valence-corrected chi connectivity index (χ3v) is 6.19. The van der Waals surface area contributed by atoms with E-state index in [2.05, 4.69) is 41.8 Å². The van der Waals surface area contributed by atoms with Crippen LogP contribution >= 0.6 is 15.9 Å². The Morgan fingerprint density at radius 2 is 1.71 bits per heavy atom. The van der Waals surface area contributed by atoms with E-state index >= 15 is 0 Å². The fourth-order valence-corrected chi connectivity index (χ4v) is 4.33. The van der Waals surface area contributed by atoms with E-state index in [4.69, 9.17) is 5.73 Å². The van der Waals surface area contributed by atoms with E-state index in [0.29, 0.717) is 23.6 Å². The second kappa shape index (κ2) is 13.5. The first-order valence-corrected chi connectivity index (χ1v) is 12.6. The van der Waals surface area contributed by atoms with Gasteiger partial charge in [0.05, 0.1) is 16.6 Å². The van der Waals surface area contributed by atoms with Gasteiger partial charge in [0.15, 0.2) is 0 Å². The highest BCUT2D eigenvalue weighted by Crippen LogP contribution is 2.28. The summed E-state index contributed by atoms with van der Waals surface area (Å²) in [6.45, 7) is 7.16. The van der Waals surface area contributed by atoms with Gasteiger partial charge in [0.25, 0.3) is 5.56 Å². The Morgan fingerprint density at radius 3 is 2.41 bits per heavy atom. The van der Waals surface area contributed by atoms with E-state index in [1.807, 2.05) is 25.1 Å². The summed E-state index contributed by atoms with van der Waals surface area (Å²) in [4.78, 5) is 19.9. The lowest BCUT2D eigenvalue weighted by atomic mass is 10.1. The number of hydrogen-bond donors (Lipinski definition) is 5. The van der Waals surface area contributed by atoms with Crippen LogP contribution < -0.4 is 27.2 Å². The molecule has 34 heavy (non-hydrogen) atoms. The van der Waals surface area contributed by atoms with Crippen LogP contribution in [0.15, 0.2) is 39.6 Å². The van der Waals surface area contributed by atoms with Gasteiger partial charge in [0.2, 0.25) is 0 Å². The standard InChI is InChI=1S/C25H34BrFN6O/c1-17-6-7-18(20(26)14-17)24-32-22-16-23(21(27)15-19(22)25(34)33-24)31-13-5-12-30-10-3-2-9-29-11-4-8-28/h6-7,14-16,29-31H,2-5,8-13,28H2,1H3,(H,32,33,34). The summed E-state index contributed by atoms with van der Waals surface area (Å²) in [5.74, 6) is -0.0140. The molecule has 0 unspecified atom stereocenters. The first kappa shape index (κ1) is 26.3. The molecule has 2 aromatic carbocycles. The summed E-state index contributed by atoms with van der Waals surface area (Å²) in [6.07, 6.45) is 4.12. The summed E-state index contributed by atoms with van der Waals surface area (Å²) >= 11 is 3.53.